The Morgan fingerprint density at radius 3 is 1.42 bits per heavy atom. The lowest BCUT2D eigenvalue weighted by atomic mass is 9.99. The van der Waals surface area contributed by atoms with E-state index < -0.39 is 11.4 Å². The summed E-state index contributed by atoms with van der Waals surface area (Å²) in [5.41, 5.74) is -1.35. The van der Waals surface area contributed by atoms with Crippen molar-refractivity contribution in [1.82, 2.24) is 0 Å². The third-order valence-corrected chi connectivity index (χ3v) is 24.4. The minimum absolute atomic E-state index is 0.198. The van der Waals surface area contributed by atoms with Crippen LogP contribution in [0.1, 0.15) is 119 Å². The average Bonchev–Trinajstić information content (AvgIpc) is 3.22. The molecule has 2 aromatic carbocycles. The Hall–Kier alpha value is 0.230. The number of rotatable bonds is 22. The standard InChI is InChI=1S/C30H43O2P.C12H26O6P2S4/c1-3-22-31-27-19-13-20-28(32-23-4-2)30(27)26-18-11-12-21-29(26)33(24-14-7-5-8-15-24)25-16-9-6-10-17-25;1-5-15-19(21,16-6-2)23-11-12(14-10-9-13-11)24-20(22,17-7-3)18-8-4/h11-13,18-21,24-25H,3-10,14-17,22-23H2,1-2H3;11-12H,5-10H2,1-4H3. The fourth-order valence-corrected chi connectivity index (χ4v) is 22.4. The number of ether oxygens (including phenoxy) is 4. The first-order valence-corrected chi connectivity index (χ1v) is 31.1. The van der Waals surface area contributed by atoms with Crippen molar-refractivity contribution >= 4 is 71.0 Å². The van der Waals surface area contributed by atoms with Crippen molar-refractivity contribution in [2.75, 3.05) is 52.9 Å². The molecule has 0 spiro atoms. The maximum Gasteiger partial charge on any atom is 0.249 e. The third-order valence-electron chi connectivity index (χ3n) is 9.78. The molecule has 2 aliphatic carbocycles. The number of hydrogen-bond donors (Lipinski definition) is 0. The van der Waals surface area contributed by atoms with Crippen molar-refractivity contribution in [3.63, 3.8) is 0 Å². The molecule has 2 atom stereocenters. The second-order valence-corrected chi connectivity index (χ2v) is 29.4. The zero-order valence-electron chi connectivity index (χ0n) is 35.2. The molecule has 3 aliphatic rings. The molecule has 8 nitrogen and oxygen atoms in total. The quantitative estimate of drug-likeness (QED) is 0.106. The van der Waals surface area contributed by atoms with Crippen molar-refractivity contribution < 1.29 is 37.0 Å². The molecule has 0 bridgehead atoms. The van der Waals surface area contributed by atoms with Crippen LogP contribution in [0.5, 0.6) is 11.5 Å². The molecular formula is C42H69O8P3S4. The maximum absolute atomic E-state index is 6.31. The predicted molar refractivity (Wildman–Crippen MR) is 253 cm³/mol. The molecule has 2 unspecified atom stereocenters. The van der Waals surface area contributed by atoms with Crippen LogP contribution in [-0.4, -0.2) is 75.0 Å². The van der Waals surface area contributed by atoms with E-state index in [1.54, 1.807) is 5.30 Å². The van der Waals surface area contributed by atoms with E-state index in [4.69, 9.17) is 60.7 Å². The number of benzene rings is 2. The molecule has 1 heterocycles. The molecule has 0 radical (unpaired) electrons. The van der Waals surface area contributed by atoms with Gasteiger partial charge >= 0.3 is 0 Å². The fourth-order valence-electron chi connectivity index (χ4n) is 7.49. The van der Waals surface area contributed by atoms with E-state index in [9.17, 15) is 0 Å². The highest BCUT2D eigenvalue weighted by atomic mass is 32.9. The fraction of sp³-hybridized carbons (Fsp3) is 0.714. The van der Waals surface area contributed by atoms with Crippen LogP contribution in [-0.2, 0) is 51.2 Å². The van der Waals surface area contributed by atoms with Crippen molar-refractivity contribution in [3.05, 3.63) is 42.5 Å². The summed E-state index contributed by atoms with van der Waals surface area (Å²) in [4.78, 5) is 0. The summed E-state index contributed by atoms with van der Waals surface area (Å²) < 4.78 is 47.1. The molecule has 0 amide bonds. The summed E-state index contributed by atoms with van der Waals surface area (Å²) >= 11 is 13.9. The Labute approximate surface area is 364 Å². The monoisotopic (exact) mass is 922 g/mol. The molecule has 0 N–H and O–H groups in total. The van der Waals surface area contributed by atoms with Crippen LogP contribution in [0.3, 0.4) is 0 Å². The minimum Gasteiger partial charge on any atom is -0.493 e. The Morgan fingerprint density at radius 1 is 0.596 bits per heavy atom. The Bertz CT molecular complexity index is 1420. The van der Waals surface area contributed by atoms with Gasteiger partial charge in [-0.3, -0.25) is 0 Å². The first-order valence-electron chi connectivity index (χ1n) is 21.4. The molecule has 1 saturated heterocycles. The van der Waals surface area contributed by atoms with Crippen LogP contribution < -0.4 is 14.8 Å². The Balaban J connectivity index is 0.000000267. The molecule has 5 rings (SSSR count). The van der Waals surface area contributed by atoms with Gasteiger partial charge in [0.15, 0.2) is 0 Å². The molecule has 324 valence electrons. The largest absolute Gasteiger partial charge is 0.493 e. The van der Waals surface area contributed by atoms with Crippen molar-refractivity contribution in [3.8, 4) is 22.6 Å². The van der Waals surface area contributed by atoms with E-state index in [2.05, 4.69) is 56.3 Å². The molecular weight excluding hydrogens is 854 g/mol. The zero-order chi connectivity index (χ0) is 40.9. The lowest BCUT2D eigenvalue weighted by Gasteiger charge is -2.39. The van der Waals surface area contributed by atoms with Gasteiger partial charge in [0.2, 0.25) is 11.4 Å². The lowest BCUT2D eigenvalue weighted by molar-refractivity contribution is -0.0654. The topological polar surface area (TPSA) is 73.8 Å². The highest BCUT2D eigenvalue weighted by Gasteiger charge is 2.39. The summed E-state index contributed by atoms with van der Waals surface area (Å²) in [5.74, 6) is 1.97. The van der Waals surface area contributed by atoms with E-state index in [1.165, 1.54) is 98.1 Å². The molecule has 2 aromatic rings. The molecule has 3 fully saturated rings. The summed E-state index contributed by atoms with van der Waals surface area (Å²) in [6, 6.07) is 15.7. The predicted octanol–water partition coefficient (Wildman–Crippen LogP) is 13.5. The van der Waals surface area contributed by atoms with Gasteiger partial charge in [0, 0.05) is 0 Å². The zero-order valence-corrected chi connectivity index (χ0v) is 41.2. The first-order chi connectivity index (χ1) is 27.7. The maximum atomic E-state index is 6.31. The average molecular weight is 923 g/mol. The van der Waals surface area contributed by atoms with Crippen molar-refractivity contribution in [2.24, 2.45) is 0 Å². The van der Waals surface area contributed by atoms with Gasteiger partial charge in [-0.15, -0.1) is 0 Å². The smallest absolute Gasteiger partial charge is 0.249 e. The lowest BCUT2D eigenvalue weighted by Crippen LogP contribution is -2.34. The van der Waals surface area contributed by atoms with Crippen LogP contribution in [0.25, 0.3) is 11.1 Å². The van der Waals surface area contributed by atoms with Gasteiger partial charge < -0.3 is 37.0 Å². The highest BCUT2D eigenvalue weighted by molar-refractivity contribution is 8.69. The van der Waals surface area contributed by atoms with Gasteiger partial charge in [-0.25, -0.2) is 0 Å². The van der Waals surface area contributed by atoms with Gasteiger partial charge in [0.05, 0.1) is 58.4 Å². The van der Waals surface area contributed by atoms with E-state index in [-0.39, 0.29) is 18.8 Å². The van der Waals surface area contributed by atoms with Crippen LogP contribution in [0.4, 0.5) is 0 Å². The van der Waals surface area contributed by atoms with Crippen LogP contribution in [0.2, 0.25) is 0 Å². The van der Waals surface area contributed by atoms with Crippen LogP contribution in [0, 0.1) is 0 Å². The normalized spacial score (nSPS) is 19.9. The summed E-state index contributed by atoms with van der Waals surface area (Å²) in [6.45, 7) is 16.4. The van der Waals surface area contributed by atoms with Gasteiger partial charge in [-0.2, -0.15) is 0 Å². The second-order valence-electron chi connectivity index (χ2n) is 14.1. The van der Waals surface area contributed by atoms with Crippen LogP contribution >= 0.6 is 42.1 Å². The molecule has 2 saturated carbocycles. The van der Waals surface area contributed by atoms with E-state index in [0.717, 1.165) is 48.9 Å². The van der Waals surface area contributed by atoms with Crippen molar-refractivity contribution in [1.29, 1.82) is 0 Å². The Kier molecular flexibility index (Phi) is 23.9. The summed E-state index contributed by atoms with van der Waals surface area (Å²) in [7, 11) is -0.198. The van der Waals surface area contributed by atoms with Gasteiger partial charge in [-0.1, -0.05) is 90.6 Å². The minimum atomic E-state index is -2.49. The SMILES string of the molecule is CCCOc1cccc(OCCC)c1-c1ccccc1P(C1CCCCC1)C1CCCCC1.CCOP(=S)(OCC)SC1OCCOC1SP(=S)(OCC)OCC. The van der Waals surface area contributed by atoms with Crippen molar-refractivity contribution in [2.45, 2.75) is 141 Å². The summed E-state index contributed by atoms with van der Waals surface area (Å²) in [6.07, 6.45) is 16.2. The van der Waals surface area contributed by atoms with Crippen LogP contribution in [0.15, 0.2) is 42.5 Å². The molecule has 57 heavy (non-hydrogen) atoms. The van der Waals surface area contributed by atoms with E-state index >= 15 is 0 Å². The molecule has 1 aliphatic heterocycles. The molecule has 0 aromatic heterocycles. The van der Waals surface area contributed by atoms with Gasteiger partial charge in [0.25, 0.3) is 0 Å². The Morgan fingerprint density at radius 2 is 1.02 bits per heavy atom. The van der Waals surface area contributed by atoms with Gasteiger partial charge in [0.1, 0.15) is 22.4 Å². The summed E-state index contributed by atoms with van der Waals surface area (Å²) in [5, 5.41) is 1.61. The number of hydrogen-bond acceptors (Lipinski definition) is 12. The molecule has 15 heteroatoms. The van der Waals surface area contributed by atoms with Gasteiger partial charge in [-0.05, 0) is 147 Å². The van der Waals surface area contributed by atoms with E-state index in [0.29, 0.717) is 39.6 Å². The third kappa shape index (κ3) is 15.8. The van der Waals surface area contributed by atoms with E-state index in [1.807, 2.05) is 27.7 Å². The second kappa shape index (κ2) is 27.3. The highest BCUT2D eigenvalue weighted by Crippen LogP contribution is 2.68. The first kappa shape index (κ1) is 49.9.